The number of hydrogen-bond donors (Lipinski definition) is 1. The molecule has 0 amide bonds. The van der Waals surface area contributed by atoms with Gasteiger partial charge in [0.05, 0.1) is 0 Å². The average Bonchev–Trinajstić information content (AvgIpc) is 2.93. The number of rotatable bonds is 2. The van der Waals surface area contributed by atoms with Crippen LogP contribution in [0, 0.1) is 11.6 Å². The molecule has 0 fully saturated rings. The molecule has 0 bridgehead atoms. The summed E-state index contributed by atoms with van der Waals surface area (Å²) in [6, 6.07) is 8.14. The molecule has 3 aromatic rings. The number of aromatic nitrogens is 4. The maximum Gasteiger partial charge on any atom is 0.188 e. The molecule has 0 unspecified atom stereocenters. The van der Waals surface area contributed by atoms with Crippen LogP contribution in [0.2, 0.25) is 0 Å². The fraction of sp³-hybridized carbons (Fsp3) is 0. The fourth-order valence-electron chi connectivity index (χ4n) is 1.88. The van der Waals surface area contributed by atoms with E-state index in [-0.39, 0.29) is 11.5 Å². The van der Waals surface area contributed by atoms with Gasteiger partial charge in [-0.05, 0) is 40.8 Å². The van der Waals surface area contributed by atoms with Gasteiger partial charge in [0.15, 0.2) is 5.82 Å². The molecular weight excluding hydrogens is 344 g/mol. The van der Waals surface area contributed by atoms with Gasteiger partial charge >= 0.3 is 0 Å². The summed E-state index contributed by atoms with van der Waals surface area (Å²) in [6.07, 6.45) is 0. The van der Waals surface area contributed by atoms with E-state index in [1.165, 1.54) is 0 Å². The van der Waals surface area contributed by atoms with Crippen molar-refractivity contribution >= 4 is 21.6 Å². The Morgan fingerprint density at radius 1 is 1.10 bits per heavy atom. The van der Waals surface area contributed by atoms with Gasteiger partial charge in [0.25, 0.3) is 0 Å². The predicted octanol–water partition coefficient (Wildman–Crippen LogP) is 2.95. The molecule has 21 heavy (non-hydrogen) atoms. The van der Waals surface area contributed by atoms with Gasteiger partial charge in [-0.25, -0.2) is 8.78 Å². The molecule has 106 valence electrons. The number of hydrogen-bond acceptors (Lipinski definition) is 4. The normalized spacial score (nSPS) is 10.8. The van der Waals surface area contributed by atoms with Crippen molar-refractivity contribution in [2.24, 2.45) is 0 Å². The highest BCUT2D eigenvalue weighted by Gasteiger charge is 2.17. The monoisotopic (exact) mass is 351 g/mol. The van der Waals surface area contributed by atoms with Crippen LogP contribution in [0.4, 0.5) is 14.5 Å². The molecule has 0 saturated heterocycles. The molecular formula is C13H8BrF2N5. The predicted molar refractivity (Wildman–Crippen MR) is 76.6 cm³/mol. The van der Waals surface area contributed by atoms with Gasteiger partial charge in [-0.2, -0.15) is 4.68 Å². The summed E-state index contributed by atoms with van der Waals surface area (Å²) in [5.74, 6) is -0.969. The molecule has 2 N–H and O–H groups in total. The van der Waals surface area contributed by atoms with Gasteiger partial charge in [-0.1, -0.05) is 15.9 Å². The molecule has 0 aliphatic heterocycles. The van der Waals surface area contributed by atoms with Gasteiger partial charge in [0, 0.05) is 21.8 Å². The van der Waals surface area contributed by atoms with Crippen molar-refractivity contribution in [3.05, 3.63) is 52.5 Å². The molecule has 0 atom stereocenters. The Morgan fingerprint density at radius 3 is 2.71 bits per heavy atom. The summed E-state index contributed by atoms with van der Waals surface area (Å²) < 4.78 is 29.0. The fourth-order valence-corrected chi connectivity index (χ4v) is 2.30. The van der Waals surface area contributed by atoms with Gasteiger partial charge in [0.2, 0.25) is 0 Å². The molecule has 0 radical (unpaired) electrons. The van der Waals surface area contributed by atoms with Crippen LogP contribution in [0.3, 0.4) is 0 Å². The minimum atomic E-state index is -0.634. The molecule has 1 heterocycles. The van der Waals surface area contributed by atoms with Crippen LogP contribution in [-0.4, -0.2) is 20.2 Å². The van der Waals surface area contributed by atoms with Gasteiger partial charge < -0.3 is 5.73 Å². The average molecular weight is 352 g/mol. The molecule has 3 rings (SSSR count). The number of anilines is 1. The molecule has 1 aromatic heterocycles. The van der Waals surface area contributed by atoms with Crippen LogP contribution in [0.25, 0.3) is 17.1 Å². The van der Waals surface area contributed by atoms with Crippen molar-refractivity contribution in [2.75, 3.05) is 5.73 Å². The van der Waals surface area contributed by atoms with Crippen molar-refractivity contribution in [1.82, 2.24) is 20.2 Å². The van der Waals surface area contributed by atoms with Crippen molar-refractivity contribution < 1.29 is 8.78 Å². The smallest absolute Gasteiger partial charge is 0.188 e. The first-order chi connectivity index (χ1) is 10.1. The topological polar surface area (TPSA) is 69.6 Å². The Kier molecular flexibility index (Phi) is 3.38. The third kappa shape index (κ3) is 2.49. The first kappa shape index (κ1) is 13.6. The molecule has 2 aromatic carbocycles. The zero-order valence-electron chi connectivity index (χ0n) is 10.5. The Labute approximate surface area is 126 Å². The van der Waals surface area contributed by atoms with Crippen LogP contribution in [0.15, 0.2) is 40.9 Å². The zero-order chi connectivity index (χ0) is 15.0. The van der Waals surface area contributed by atoms with E-state index in [1.807, 2.05) is 0 Å². The Morgan fingerprint density at radius 2 is 1.90 bits per heavy atom. The van der Waals surface area contributed by atoms with Crippen LogP contribution in [0.5, 0.6) is 0 Å². The number of halogens is 3. The van der Waals surface area contributed by atoms with E-state index in [4.69, 9.17) is 5.73 Å². The van der Waals surface area contributed by atoms with Crippen molar-refractivity contribution in [3.8, 4) is 17.1 Å². The lowest BCUT2D eigenvalue weighted by atomic mass is 10.2. The van der Waals surface area contributed by atoms with Crippen LogP contribution in [0.1, 0.15) is 0 Å². The number of nitrogen functional groups attached to an aromatic ring is 1. The molecule has 8 heteroatoms. The van der Waals surface area contributed by atoms with Gasteiger partial charge in [-0.15, -0.1) is 5.10 Å². The first-order valence-electron chi connectivity index (χ1n) is 5.85. The highest BCUT2D eigenvalue weighted by molar-refractivity contribution is 9.10. The van der Waals surface area contributed by atoms with E-state index in [1.54, 1.807) is 18.2 Å². The zero-order valence-corrected chi connectivity index (χ0v) is 12.1. The summed E-state index contributed by atoms with van der Waals surface area (Å²) in [6.45, 7) is 0. The summed E-state index contributed by atoms with van der Waals surface area (Å²) in [7, 11) is 0. The Bertz CT molecular complexity index is 752. The number of tetrazole rings is 1. The lowest BCUT2D eigenvalue weighted by Gasteiger charge is -2.08. The minimum absolute atomic E-state index is 0.0793. The number of nitrogens with zero attached hydrogens (tertiary/aromatic N) is 4. The minimum Gasteiger partial charge on any atom is -0.399 e. The molecule has 0 spiro atoms. The van der Waals surface area contributed by atoms with E-state index in [9.17, 15) is 8.78 Å². The Balaban J connectivity index is 2.22. The second-order valence-electron chi connectivity index (χ2n) is 4.25. The van der Waals surface area contributed by atoms with Crippen LogP contribution < -0.4 is 5.73 Å². The number of nitrogens with two attached hydrogens (primary N) is 1. The summed E-state index contributed by atoms with van der Waals surface area (Å²) in [5.41, 5.74) is 6.74. The quantitative estimate of drug-likeness (QED) is 0.720. The third-order valence-electron chi connectivity index (χ3n) is 2.84. The van der Waals surface area contributed by atoms with E-state index >= 15 is 0 Å². The largest absolute Gasteiger partial charge is 0.399 e. The van der Waals surface area contributed by atoms with Crippen LogP contribution in [-0.2, 0) is 0 Å². The van der Waals surface area contributed by atoms with E-state index in [0.29, 0.717) is 15.7 Å². The van der Waals surface area contributed by atoms with E-state index in [2.05, 4.69) is 31.5 Å². The summed E-state index contributed by atoms with van der Waals surface area (Å²) >= 11 is 3.36. The first-order valence-corrected chi connectivity index (χ1v) is 6.65. The van der Waals surface area contributed by atoms with Gasteiger partial charge in [-0.3, -0.25) is 0 Å². The third-order valence-corrected chi connectivity index (χ3v) is 3.53. The Hall–Kier alpha value is -2.35. The highest BCUT2D eigenvalue weighted by atomic mass is 79.9. The maximum atomic E-state index is 13.9. The van der Waals surface area contributed by atoms with Crippen molar-refractivity contribution in [3.63, 3.8) is 0 Å². The molecule has 5 nitrogen and oxygen atoms in total. The summed E-state index contributed by atoms with van der Waals surface area (Å²) in [4.78, 5) is 0. The van der Waals surface area contributed by atoms with Crippen molar-refractivity contribution in [1.29, 1.82) is 0 Å². The standard InChI is InChI=1S/C13H8BrF2N5/c14-10-3-2-8(17)6-9(10)13-18-19-20-21(13)12-5-7(15)1-4-11(12)16/h1-6H,17H2. The van der Waals surface area contributed by atoms with Gasteiger partial charge in [0.1, 0.15) is 17.3 Å². The molecule has 0 saturated carbocycles. The van der Waals surface area contributed by atoms with Crippen LogP contribution >= 0.6 is 15.9 Å². The van der Waals surface area contributed by atoms with E-state index < -0.39 is 11.6 Å². The highest BCUT2D eigenvalue weighted by Crippen LogP contribution is 2.30. The SMILES string of the molecule is Nc1ccc(Br)c(-c2nnnn2-c2cc(F)ccc2F)c1. The molecule has 0 aliphatic carbocycles. The molecule has 0 aliphatic rings. The summed E-state index contributed by atoms with van der Waals surface area (Å²) in [5, 5.41) is 11.1. The lowest BCUT2D eigenvalue weighted by Crippen LogP contribution is -2.04. The number of benzene rings is 2. The van der Waals surface area contributed by atoms with Crippen molar-refractivity contribution in [2.45, 2.75) is 0 Å². The van der Waals surface area contributed by atoms with E-state index in [0.717, 1.165) is 22.9 Å². The maximum absolute atomic E-state index is 13.9. The second-order valence-corrected chi connectivity index (χ2v) is 5.10. The lowest BCUT2D eigenvalue weighted by molar-refractivity contribution is 0.584. The second kappa shape index (κ2) is 5.21.